The van der Waals surface area contributed by atoms with E-state index in [1.807, 2.05) is 31.1 Å². The number of primary amides is 1. The first kappa shape index (κ1) is 12.1. The molecule has 0 unspecified atom stereocenters. The first-order chi connectivity index (χ1) is 8.08. The van der Waals surface area contributed by atoms with E-state index >= 15 is 0 Å². The molecule has 2 rings (SSSR count). The number of amides is 1. The maximum Gasteiger partial charge on any atom is 0.237 e. The van der Waals surface area contributed by atoms with Gasteiger partial charge in [-0.25, -0.2) is 0 Å². The Morgan fingerprint density at radius 2 is 2.47 bits per heavy atom. The van der Waals surface area contributed by atoms with Crippen LogP contribution in [0.2, 0.25) is 0 Å². The van der Waals surface area contributed by atoms with Crippen LogP contribution in [-0.2, 0) is 23.1 Å². The highest BCUT2D eigenvalue weighted by Crippen LogP contribution is 2.16. The largest absolute Gasteiger partial charge is 0.375 e. The van der Waals surface area contributed by atoms with Gasteiger partial charge in [0.05, 0.1) is 18.4 Å². The van der Waals surface area contributed by atoms with Crippen molar-refractivity contribution in [2.75, 3.05) is 13.2 Å². The van der Waals surface area contributed by atoms with Crippen molar-refractivity contribution < 1.29 is 9.53 Å². The van der Waals surface area contributed by atoms with Crippen LogP contribution in [0, 0.1) is 0 Å². The molecule has 94 valence electrons. The van der Waals surface area contributed by atoms with Gasteiger partial charge in [-0.1, -0.05) is 0 Å². The summed E-state index contributed by atoms with van der Waals surface area (Å²) in [6.07, 6.45) is 1.73. The van der Waals surface area contributed by atoms with E-state index in [9.17, 15) is 4.79 Å². The van der Waals surface area contributed by atoms with E-state index in [0.717, 1.165) is 5.69 Å². The zero-order valence-corrected chi connectivity index (χ0v) is 10.2. The molecule has 0 bridgehead atoms. The molecule has 0 saturated carbocycles. The topological polar surface area (TPSA) is 73.4 Å². The second kappa shape index (κ2) is 4.85. The number of hydrogen-bond acceptors (Lipinski definition) is 4. The van der Waals surface area contributed by atoms with Crippen molar-refractivity contribution in [3.63, 3.8) is 0 Å². The van der Waals surface area contributed by atoms with E-state index in [1.165, 1.54) is 0 Å². The smallest absolute Gasteiger partial charge is 0.237 e. The van der Waals surface area contributed by atoms with E-state index < -0.39 is 0 Å². The Hall–Kier alpha value is -1.40. The summed E-state index contributed by atoms with van der Waals surface area (Å²) in [6.45, 7) is 3.83. The van der Waals surface area contributed by atoms with Crippen LogP contribution in [0.1, 0.15) is 12.6 Å². The molecule has 6 nitrogen and oxygen atoms in total. The molecule has 0 spiro atoms. The minimum atomic E-state index is -0.370. The normalized spacial score (nSPS) is 26.0. The maximum absolute atomic E-state index is 11.4. The summed E-state index contributed by atoms with van der Waals surface area (Å²) in [4.78, 5) is 13.5. The van der Waals surface area contributed by atoms with Crippen molar-refractivity contribution in [1.82, 2.24) is 14.7 Å². The standard InChI is InChI=1S/C11H18N4O2/c1-8-10(11(12)16)15(5-6-17-8)7-9-3-4-14(2)13-9/h3-4,8,10H,5-7H2,1-2H3,(H2,12,16)/t8-,10+/m1/s1. The summed E-state index contributed by atoms with van der Waals surface area (Å²) in [6, 6.07) is 1.57. The number of carbonyl (C=O) groups is 1. The highest BCUT2D eigenvalue weighted by Gasteiger charge is 2.33. The predicted octanol–water partition coefficient (Wildman–Crippen LogP) is -0.505. The van der Waals surface area contributed by atoms with Crippen LogP contribution in [-0.4, -0.2) is 45.9 Å². The number of morpholine rings is 1. The van der Waals surface area contributed by atoms with Crippen LogP contribution in [0.3, 0.4) is 0 Å². The molecule has 1 aliphatic heterocycles. The summed E-state index contributed by atoms with van der Waals surface area (Å²) >= 11 is 0. The van der Waals surface area contributed by atoms with Crippen LogP contribution in [0.25, 0.3) is 0 Å². The monoisotopic (exact) mass is 238 g/mol. The van der Waals surface area contributed by atoms with Gasteiger partial charge < -0.3 is 10.5 Å². The van der Waals surface area contributed by atoms with Gasteiger partial charge in [0.25, 0.3) is 0 Å². The maximum atomic E-state index is 11.4. The fourth-order valence-corrected chi connectivity index (χ4v) is 2.23. The Bertz CT molecular complexity index is 404. The van der Waals surface area contributed by atoms with E-state index in [0.29, 0.717) is 19.7 Å². The molecule has 1 aromatic heterocycles. The minimum absolute atomic E-state index is 0.162. The average molecular weight is 238 g/mol. The number of rotatable bonds is 3. The van der Waals surface area contributed by atoms with E-state index in [2.05, 4.69) is 5.10 Å². The number of hydrogen-bond donors (Lipinski definition) is 1. The third-order valence-corrected chi connectivity index (χ3v) is 3.02. The molecule has 2 atom stereocenters. The summed E-state index contributed by atoms with van der Waals surface area (Å²) in [5.74, 6) is -0.340. The molecule has 1 fully saturated rings. The SMILES string of the molecule is C[C@H]1OCCN(Cc2ccn(C)n2)[C@@H]1C(N)=O. The lowest BCUT2D eigenvalue weighted by Crippen LogP contribution is -2.56. The molecule has 0 radical (unpaired) electrons. The zero-order valence-electron chi connectivity index (χ0n) is 10.2. The molecule has 1 saturated heterocycles. The van der Waals surface area contributed by atoms with Gasteiger partial charge in [-0.2, -0.15) is 5.10 Å². The zero-order chi connectivity index (χ0) is 12.4. The number of ether oxygens (including phenoxy) is 1. The lowest BCUT2D eigenvalue weighted by atomic mass is 10.1. The molecule has 1 aliphatic rings. The Kier molecular flexibility index (Phi) is 3.44. The van der Waals surface area contributed by atoms with Crippen molar-refractivity contribution in [2.24, 2.45) is 12.8 Å². The molecular formula is C11H18N4O2. The van der Waals surface area contributed by atoms with E-state index in [1.54, 1.807) is 4.68 Å². The lowest BCUT2D eigenvalue weighted by molar-refractivity contribution is -0.136. The minimum Gasteiger partial charge on any atom is -0.375 e. The number of carbonyl (C=O) groups excluding carboxylic acids is 1. The molecule has 2 N–H and O–H groups in total. The lowest BCUT2D eigenvalue weighted by Gasteiger charge is -2.37. The van der Waals surface area contributed by atoms with Gasteiger partial charge >= 0.3 is 0 Å². The van der Waals surface area contributed by atoms with Crippen molar-refractivity contribution in [2.45, 2.75) is 25.6 Å². The van der Waals surface area contributed by atoms with Crippen LogP contribution in [0.15, 0.2) is 12.3 Å². The van der Waals surface area contributed by atoms with Crippen LogP contribution < -0.4 is 5.73 Å². The fourth-order valence-electron chi connectivity index (χ4n) is 2.23. The van der Waals surface area contributed by atoms with Gasteiger partial charge in [0.2, 0.25) is 5.91 Å². The molecular weight excluding hydrogens is 220 g/mol. The predicted molar refractivity (Wildman–Crippen MR) is 62.0 cm³/mol. The van der Waals surface area contributed by atoms with Crippen LogP contribution >= 0.6 is 0 Å². The summed E-state index contributed by atoms with van der Waals surface area (Å²) in [7, 11) is 1.87. The van der Waals surface area contributed by atoms with Gasteiger partial charge in [0.1, 0.15) is 6.04 Å². The number of aromatic nitrogens is 2. The Balaban J connectivity index is 2.09. The molecule has 6 heteroatoms. The van der Waals surface area contributed by atoms with Crippen molar-refractivity contribution in [3.05, 3.63) is 18.0 Å². The van der Waals surface area contributed by atoms with Crippen molar-refractivity contribution >= 4 is 5.91 Å². The average Bonchev–Trinajstić information content (AvgIpc) is 2.63. The van der Waals surface area contributed by atoms with Gasteiger partial charge in [-0.15, -0.1) is 0 Å². The van der Waals surface area contributed by atoms with Gasteiger partial charge in [-0.05, 0) is 13.0 Å². The summed E-state index contributed by atoms with van der Waals surface area (Å²) < 4.78 is 7.21. The summed E-state index contributed by atoms with van der Waals surface area (Å²) in [5, 5.41) is 4.31. The summed E-state index contributed by atoms with van der Waals surface area (Å²) in [5.41, 5.74) is 6.36. The highest BCUT2D eigenvalue weighted by atomic mass is 16.5. The molecule has 2 heterocycles. The second-order valence-corrected chi connectivity index (χ2v) is 4.37. The van der Waals surface area contributed by atoms with E-state index in [-0.39, 0.29) is 18.1 Å². The third-order valence-electron chi connectivity index (χ3n) is 3.02. The number of aryl methyl sites for hydroxylation is 1. The first-order valence-electron chi connectivity index (χ1n) is 5.71. The molecule has 0 aliphatic carbocycles. The Morgan fingerprint density at radius 3 is 3.06 bits per heavy atom. The van der Waals surface area contributed by atoms with Crippen molar-refractivity contribution in [1.29, 1.82) is 0 Å². The molecule has 1 amide bonds. The highest BCUT2D eigenvalue weighted by molar-refractivity contribution is 5.80. The number of nitrogens with two attached hydrogens (primary N) is 1. The quantitative estimate of drug-likeness (QED) is 0.770. The van der Waals surface area contributed by atoms with Gasteiger partial charge in [0.15, 0.2) is 0 Å². The van der Waals surface area contributed by atoms with Gasteiger partial charge in [0, 0.05) is 26.3 Å². The van der Waals surface area contributed by atoms with Crippen LogP contribution in [0.5, 0.6) is 0 Å². The first-order valence-corrected chi connectivity index (χ1v) is 5.71. The third kappa shape index (κ3) is 2.65. The molecule has 1 aromatic rings. The van der Waals surface area contributed by atoms with E-state index in [4.69, 9.17) is 10.5 Å². The Morgan fingerprint density at radius 1 is 1.71 bits per heavy atom. The van der Waals surface area contributed by atoms with Crippen molar-refractivity contribution in [3.8, 4) is 0 Å². The fraction of sp³-hybridized carbons (Fsp3) is 0.636. The molecule has 17 heavy (non-hydrogen) atoms. The van der Waals surface area contributed by atoms with Crippen LogP contribution in [0.4, 0.5) is 0 Å². The second-order valence-electron chi connectivity index (χ2n) is 4.37. The number of nitrogens with zero attached hydrogens (tertiary/aromatic N) is 3. The van der Waals surface area contributed by atoms with Gasteiger partial charge in [-0.3, -0.25) is 14.4 Å². The molecule has 0 aromatic carbocycles. The Labute approximate surface area is 100 Å².